The Morgan fingerprint density at radius 1 is 1.24 bits per heavy atom. The Morgan fingerprint density at radius 3 is 2.62 bits per heavy atom. The number of nitrogen functional groups attached to an aromatic ring is 1. The molecule has 0 saturated carbocycles. The predicted octanol–water partition coefficient (Wildman–Crippen LogP) is 4.60. The highest BCUT2D eigenvalue weighted by Gasteiger charge is 2.15. The Morgan fingerprint density at radius 2 is 1.95 bits per heavy atom. The van der Waals surface area contributed by atoms with Crippen LogP contribution in [0.25, 0.3) is 0 Å². The number of rotatable bonds is 3. The van der Waals surface area contributed by atoms with Crippen LogP contribution in [0.3, 0.4) is 0 Å². The van der Waals surface area contributed by atoms with Crippen molar-refractivity contribution >= 4 is 56.4 Å². The Hall–Kier alpha value is -1.43. The molecule has 3 N–H and O–H groups in total. The Bertz CT molecular complexity index is 708. The van der Waals surface area contributed by atoms with Gasteiger partial charge in [0.1, 0.15) is 5.75 Å². The van der Waals surface area contributed by atoms with E-state index in [0.717, 1.165) is 0 Å². The molecule has 2 aromatic rings. The summed E-state index contributed by atoms with van der Waals surface area (Å²) in [4.78, 5) is 12.3. The maximum atomic E-state index is 12.3. The van der Waals surface area contributed by atoms with E-state index in [0.29, 0.717) is 32.2 Å². The highest BCUT2D eigenvalue weighted by atomic mass is 79.9. The largest absolute Gasteiger partial charge is 0.496 e. The van der Waals surface area contributed by atoms with E-state index in [2.05, 4.69) is 21.2 Å². The van der Waals surface area contributed by atoms with Gasteiger partial charge >= 0.3 is 0 Å². The van der Waals surface area contributed by atoms with Crippen molar-refractivity contribution in [2.75, 3.05) is 18.2 Å². The number of nitrogens with two attached hydrogens (primary N) is 1. The molecule has 7 heteroatoms. The topological polar surface area (TPSA) is 64.3 Å². The lowest BCUT2D eigenvalue weighted by molar-refractivity contribution is 0.102. The summed E-state index contributed by atoms with van der Waals surface area (Å²) in [5.74, 6) is 0.0129. The third-order valence-corrected chi connectivity index (χ3v) is 4.52. The highest BCUT2D eigenvalue weighted by molar-refractivity contribution is 9.10. The van der Waals surface area contributed by atoms with Gasteiger partial charge in [-0.05, 0) is 40.2 Å². The quantitative estimate of drug-likeness (QED) is 0.595. The first kappa shape index (κ1) is 15.9. The van der Waals surface area contributed by atoms with Gasteiger partial charge in [0.15, 0.2) is 0 Å². The Kier molecular flexibility index (Phi) is 4.98. The van der Waals surface area contributed by atoms with E-state index in [-0.39, 0.29) is 10.9 Å². The van der Waals surface area contributed by atoms with Crippen molar-refractivity contribution in [2.24, 2.45) is 0 Å². The van der Waals surface area contributed by atoms with Crippen LogP contribution < -0.4 is 15.8 Å². The van der Waals surface area contributed by atoms with Crippen LogP contribution >= 0.6 is 39.1 Å². The molecule has 21 heavy (non-hydrogen) atoms. The second kappa shape index (κ2) is 6.56. The monoisotopic (exact) mass is 388 g/mol. The van der Waals surface area contributed by atoms with Crippen LogP contribution in [0.1, 0.15) is 10.4 Å². The molecule has 4 nitrogen and oxygen atoms in total. The SMILES string of the molecule is COc1cc(N)ccc1C(=O)Nc1ccc(Br)c(Cl)c1Cl. The first-order valence-corrected chi connectivity index (χ1v) is 7.37. The lowest BCUT2D eigenvalue weighted by Gasteiger charge is -2.12. The van der Waals surface area contributed by atoms with Gasteiger partial charge < -0.3 is 15.8 Å². The minimum Gasteiger partial charge on any atom is -0.496 e. The number of carbonyl (C=O) groups is 1. The minimum atomic E-state index is -0.368. The zero-order valence-corrected chi connectivity index (χ0v) is 14.0. The molecule has 0 aliphatic heterocycles. The normalized spacial score (nSPS) is 10.3. The fourth-order valence-electron chi connectivity index (χ4n) is 1.71. The van der Waals surface area contributed by atoms with Gasteiger partial charge in [-0.3, -0.25) is 4.79 Å². The molecule has 2 aromatic carbocycles. The fraction of sp³-hybridized carbons (Fsp3) is 0.0714. The molecule has 0 heterocycles. The average molecular weight is 390 g/mol. The third-order valence-electron chi connectivity index (χ3n) is 2.75. The van der Waals surface area contributed by atoms with Gasteiger partial charge in [-0.25, -0.2) is 0 Å². The molecular formula is C14H11BrCl2N2O2. The number of ether oxygens (including phenoxy) is 1. The molecule has 1 amide bonds. The number of carbonyl (C=O) groups excluding carboxylic acids is 1. The first-order chi connectivity index (χ1) is 9.93. The van der Waals surface area contributed by atoms with Crippen molar-refractivity contribution in [1.82, 2.24) is 0 Å². The fourth-order valence-corrected chi connectivity index (χ4v) is 2.53. The van der Waals surface area contributed by atoms with Crippen molar-refractivity contribution in [1.29, 1.82) is 0 Å². The second-order valence-electron chi connectivity index (χ2n) is 4.14. The van der Waals surface area contributed by atoms with Gasteiger partial charge in [-0.1, -0.05) is 23.2 Å². The third kappa shape index (κ3) is 3.43. The Labute approximate surface area is 140 Å². The molecule has 0 saturated heterocycles. The number of halogens is 3. The number of hydrogen-bond acceptors (Lipinski definition) is 3. The molecular weight excluding hydrogens is 379 g/mol. The molecule has 0 bridgehead atoms. The maximum Gasteiger partial charge on any atom is 0.259 e. The summed E-state index contributed by atoms with van der Waals surface area (Å²) < 4.78 is 5.80. The lowest BCUT2D eigenvalue weighted by atomic mass is 10.1. The number of methoxy groups -OCH3 is 1. The minimum absolute atomic E-state index is 0.258. The smallest absolute Gasteiger partial charge is 0.259 e. The standard InChI is InChI=1S/C14H11BrCl2N2O2/c1-21-11-6-7(18)2-3-8(11)14(20)19-10-5-4-9(15)12(16)13(10)17/h2-6H,18H2,1H3,(H,19,20). The van der Waals surface area contributed by atoms with Crippen molar-refractivity contribution in [3.05, 3.63) is 50.4 Å². The van der Waals surface area contributed by atoms with Gasteiger partial charge in [0.2, 0.25) is 0 Å². The summed E-state index contributed by atoms with van der Waals surface area (Å²) in [6, 6.07) is 8.13. The average Bonchev–Trinajstić information content (AvgIpc) is 2.47. The molecule has 2 rings (SSSR count). The van der Waals surface area contributed by atoms with Gasteiger partial charge in [0, 0.05) is 16.2 Å². The maximum absolute atomic E-state index is 12.3. The van der Waals surface area contributed by atoms with Crippen LogP contribution in [-0.2, 0) is 0 Å². The number of hydrogen-bond donors (Lipinski definition) is 2. The van der Waals surface area contributed by atoms with Crippen LogP contribution in [0.4, 0.5) is 11.4 Å². The van der Waals surface area contributed by atoms with Crippen LogP contribution in [-0.4, -0.2) is 13.0 Å². The number of benzene rings is 2. The highest BCUT2D eigenvalue weighted by Crippen LogP contribution is 2.36. The van der Waals surface area contributed by atoms with Crippen molar-refractivity contribution < 1.29 is 9.53 Å². The van der Waals surface area contributed by atoms with E-state index in [4.69, 9.17) is 33.7 Å². The lowest BCUT2D eigenvalue weighted by Crippen LogP contribution is -2.13. The van der Waals surface area contributed by atoms with Gasteiger partial charge in [0.05, 0.1) is 28.4 Å². The van der Waals surface area contributed by atoms with E-state index in [9.17, 15) is 4.79 Å². The van der Waals surface area contributed by atoms with Crippen molar-refractivity contribution in [2.45, 2.75) is 0 Å². The van der Waals surface area contributed by atoms with E-state index >= 15 is 0 Å². The van der Waals surface area contributed by atoms with Gasteiger partial charge in [-0.15, -0.1) is 0 Å². The molecule has 110 valence electrons. The molecule has 0 aliphatic carbocycles. The molecule has 0 aromatic heterocycles. The molecule has 0 aliphatic rings. The summed E-state index contributed by atoms with van der Waals surface area (Å²) in [6.45, 7) is 0. The molecule has 0 unspecified atom stereocenters. The second-order valence-corrected chi connectivity index (χ2v) is 5.75. The van der Waals surface area contributed by atoms with Gasteiger partial charge in [0.25, 0.3) is 5.91 Å². The predicted molar refractivity (Wildman–Crippen MR) is 89.5 cm³/mol. The molecule has 0 spiro atoms. The molecule has 0 atom stereocenters. The van der Waals surface area contributed by atoms with Crippen LogP contribution in [0.2, 0.25) is 10.0 Å². The van der Waals surface area contributed by atoms with E-state index in [1.54, 1.807) is 30.3 Å². The van der Waals surface area contributed by atoms with Crippen LogP contribution in [0, 0.1) is 0 Å². The summed E-state index contributed by atoms with van der Waals surface area (Å²) in [5.41, 5.74) is 6.93. The zero-order valence-electron chi connectivity index (χ0n) is 10.9. The van der Waals surface area contributed by atoms with Crippen molar-refractivity contribution in [3.63, 3.8) is 0 Å². The van der Waals surface area contributed by atoms with Crippen LogP contribution in [0.5, 0.6) is 5.75 Å². The summed E-state index contributed by atoms with van der Waals surface area (Å²) >= 11 is 15.4. The number of amides is 1. The Balaban J connectivity index is 2.33. The zero-order chi connectivity index (χ0) is 15.6. The summed E-state index contributed by atoms with van der Waals surface area (Å²) in [5, 5.41) is 3.28. The van der Waals surface area contributed by atoms with Crippen LogP contribution in [0.15, 0.2) is 34.8 Å². The summed E-state index contributed by atoms with van der Waals surface area (Å²) in [6.07, 6.45) is 0. The summed E-state index contributed by atoms with van der Waals surface area (Å²) in [7, 11) is 1.47. The number of nitrogens with one attached hydrogen (secondary N) is 1. The van der Waals surface area contributed by atoms with Gasteiger partial charge in [-0.2, -0.15) is 0 Å². The van der Waals surface area contributed by atoms with E-state index in [1.165, 1.54) is 7.11 Å². The first-order valence-electron chi connectivity index (χ1n) is 5.82. The van der Waals surface area contributed by atoms with Crippen molar-refractivity contribution in [3.8, 4) is 5.75 Å². The molecule has 0 radical (unpaired) electrons. The van der Waals surface area contributed by atoms with E-state index in [1.807, 2.05) is 0 Å². The molecule has 0 fully saturated rings. The van der Waals surface area contributed by atoms with E-state index < -0.39 is 0 Å². The number of anilines is 2.